The quantitative estimate of drug-likeness (QED) is 0.703. The van der Waals surface area contributed by atoms with E-state index in [9.17, 15) is 0 Å². The van der Waals surface area contributed by atoms with Crippen molar-refractivity contribution >= 4 is 0 Å². The molecule has 3 fully saturated rings. The molecular formula is C12H22O3. The Morgan fingerprint density at radius 1 is 1.13 bits per heavy atom. The number of hydrogen-bond donors (Lipinski definition) is 0. The van der Waals surface area contributed by atoms with Crippen LogP contribution in [0, 0.1) is 5.92 Å². The fourth-order valence-electron chi connectivity index (χ4n) is 3.41. The summed E-state index contributed by atoms with van der Waals surface area (Å²) < 4.78 is 17.3. The monoisotopic (exact) mass is 214 g/mol. The van der Waals surface area contributed by atoms with Crippen LogP contribution in [-0.2, 0) is 14.2 Å². The predicted octanol–water partition coefficient (Wildman–Crippen LogP) is 1.99. The van der Waals surface area contributed by atoms with Crippen molar-refractivity contribution < 1.29 is 14.2 Å². The largest absolute Gasteiger partial charge is 0.381 e. The first kappa shape index (κ1) is 11.4. The first-order valence-electron chi connectivity index (χ1n) is 5.69. The van der Waals surface area contributed by atoms with Crippen molar-refractivity contribution in [2.24, 2.45) is 5.92 Å². The molecule has 15 heavy (non-hydrogen) atoms. The van der Waals surface area contributed by atoms with Crippen LogP contribution >= 0.6 is 0 Å². The first-order valence-corrected chi connectivity index (χ1v) is 5.69. The molecule has 2 aliphatic heterocycles. The third-order valence-electron chi connectivity index (χ3n) is 4.18. The molecule has 0 aromatic heterocycles. The normalized spacial score (nSPS) is 48.2. The van der Waals surface area contributed by atoms with Crippen molar-refractivity contribution in [3.05, 3.63) is 0 Å². The van der Waals surface area contributed by atoms with Gasteiger partial charge in [0.25, 0.3) is 0 Å². The minimum Gasteiger partial charge on any atom is -0.381 e. The van der Waals surface area contributed by atoms with Crippen LogP contribution in [0.4, 0.5) is 0 Å². The maximum atomic E-state index is 6.19. The lowest BCUT2D eigenvalue weighted by molar-refractivity contribution is -0.307. The lowest BCUT2D eigenvalue weighted by Gasteiger charge is -2.59. The fourth-order valence-corrected chi connectivity index (χ4v) is 3.41. The van der Waals surface area contributed by atoms with Crippen molar-refractivity contribution in [2.45, 2.75) is 57.0 Å². The SMILES string of the molecule is COC1CC2(C)OC(C)(C)C1CC2OC. The van der Waals surface area contributed by atoms with Gasteiger partial charge in [0.2, 0.25) is 0 Å². The van der Waals surface area contributed by atoms with Crippen LogP contribution in [-0.4, -0.2) is 37.6 Å². The predicted molar refractivity (Wildman–Crippen MR) is 57.9 cm³/mol. The summed E-state index contributed by atoms with van der Waals surface area (Å²) in [6.07, 6.45) is 2.50. The molecule has 2 saturated heterocycles. The van der Waals surface area contributed by atoms with Crippen LogP contribution in [0.2, 0.25) is 0 Å². The average molecular weight is 214 g/mol. The zero-order valence-electron chi connectivity index (χ0n) is 10.4. The first-order chi connectivity index (χ1) is 6.93. The molecule has 0 aromatic carbocycles. The maximum absolute atomic E-state index is 6.19. The molecule has 88 valence electrons. The Morgan fingerprint density at radius 2 is 1.80 bits per heavy atom. The number of hydrogen-bond acceptors (Lipinski definition) is 3. The minimum atomic E-state index is -0.187. The summed E-state index contributed by atoms with van der Waals surface area (Å²) in [7, 11) is 3.57. The molecule has 3 heteroatoms. The second-order valence-corrected chi connectivity index (χ2v) is 5.56. The van der Waals surface area contributed by atoms with Gasteiger partial charge >= 0.3 is 0 Å². The molecule has 2 bridgehead atoms. The van der Waals surface area contributed by atoms with Crippen LogP contribution in [0.3, 0.4) is 0 Å². The molecule has 0 N–H and O–H groups in total. The summed E-state index contributed by atoms with van der Waals surface area (Å²) in [4.78, 5) is 0. The standard InChI is InChI=1S/C12H22O3/c1-11(2)8-6-10(14-5)12(3,15-11)7-9(8)13-4/h8-10H,6-7H2,1-5H3. The highest BCUT2D eigenvalue weighted by atomic mass is 16.6. The van der Waals surface area contributed by atoms with E-state index in [2.05, 4.69) is 20.8 Å². The Balaban J connectivity index is 2.28. The number of ether oxygens (including phenoxy) is 3. The van der Waals surface area contributed by atoms with Gasteiger partial charge in [-0.3, -0.25) is 0 Å². The Bertz CT molecular complexity index is 251. The highest BCUT2D eigenvalue weighted by Gasteiger charge is 2.58. The Morgan fingerprint density at radius 3 is 2.27 bits per heavy atom. The fraction of sp³-hybridized carbons (Fsp3) is 1.00. The molecular weight excluding hydrogens is 192 g/mol. The highest BCUT2D eigenvalue weighted by molar-refractivity contribution is 5.07. The van der Waals surface area contributed by atoms with E-state index >= 15 is 0 Å². The van der Waals surface area contributed by atoms with Crippen LogP contribution in [0.15, 0.2) is 0 Å². The van der Waals surface area contributed by atoms with Crippen LogP contribution in [0.1, 0.15) is 33.6 Å². The van der Waals surface area contributed by atoms with Gasteiger partial charge in [-0.15, -0.1) is 0 Å². The van der Waals surface area contributed by atoms with Gasteiger partial charge in [0.15, 0.2) is 0 Å². The van der Waals surface area contributed by atoms with E-state index in [1.165, 1.54) is 0 Å². The summed E-state index contributed by atoms with van der Waals surface area (Å²) in [5.74, 6) is 0.439. The summed E-state index contributed by atoms with van der Waals surface area (Å²) >= 11 is 0. The molecule has 1 saturated carbocycles. The summed E-state index contributed by atoms with van der Waals surface area (Å²) in [5.41, 5.74) is -0.281. The van der Waals surface area contributed by atoms with Crippen molar-refractivity contribution in [2.75, 3.05) is 14.2 Å². The van der Waals surface area contributed by atoms with E-state index in [-0.39, 0.29) is 17.3 Å². The van der Waals surface area contributed by atoms with Gasteiger partial charge < -0.3 is 14.2 Å². The molecule has 0 aromatic rings. The molecule has 4 atom stereocenters. The van der Waals surface area contributed by atoms with E-state index in [1.807, 2.05) is 0 Å². The third-order valence-corrected chi connectivity index (χ3v) is 4.18. The van der Waals surface area contributed by atoms with E-state index in [4.69, 9.17) is 14.2 Å². The smallest absolute Gasteiger partial charge is 0.0947 e. The Hall–Kier alpha value is -0.120. The second-order valence-electron chi connectivity index (χ2n) is 5.56. The van der Waals surface area contributed by atoms with Crippen molar-refractivity contribution in [3.63, 3.8) is 0 Å². The molecule has 2 heterocycles. The van der Waals surface area contributed by atoms with Gasteiger partial charge in [-0.1, -0.05) is 0 Å². The van der Waals surface area contributed by atoms with Crippen LogP contribution in [0.25, 0.3) is 0 Å². The zero-order chi connectivity index (χ0) is 11.3. The van der Waals surface area contributed by atoms with Crippen molar-refractivity contribution in [1.29, 1.82) is 0 Å². The summed E-state index contributed by atoms with van der Waals surface area (Å²) in [6.45, 7) is 6.46. The zero-order valence-corrected chi connectivity index (χ0v) is 10.4. The van der Waals surface area contributed by atoms with E-state index in [0.717, 1.165) is 12.8 Å². The summed E-state index contributed by atoms with van der Waals surface area (Å²) in [5, 5.41) is 0. The minimum absolute atomic E-state index is 0.0945. The van der Waals surface area contributed by atoms with E-state index in [0.29, 0.717) is 12.0 Å². The Kier molecular flexibility index (Phi) is 2.61. The van der Waals surface area contributed by atoms with Gasteiger partial charge in [0.1, 0.15) is 0 Å². The van der Waals surface area contributed by atoms with E-state index in [1.54, 1.807) is 14.2 Å². The molecule has 0 radical (unpaired) electrons. The molecule has 3 aliphatic rings. The number of methoxy groups -OCH3 is 2. The average Bonchev–Trinajstić information content (AvgIpc) is 2.14. The molecule has 3 rings (SSSR count). The van der Waals surface area contributed by atoms with Gasteiger partial charge in [0, 0.05) is 26.6 Å². The van der Waals surface area contributed by atoms with Gasteiger partial charge in [-0.2, -0.15) is 0 Å². The van der Waals surface area contributed by atoms with E-state index < -0.39 is 0 Å². The van der Waals surface area contributed by atoms with Crippen molar-refractivity contribution in [3.8, 4) is 0 Å². The number of fused-ring (bicyclic) bond motifs is 3. The van der Waals surface area contributed by atoms with Gasteiger partial charge in [0.05, 0.1) is 23.4 Å². The van der Waals surface area contributed by atoms with Crippen molar-refractivity contribution in [1.82, 2.24) is 0 Å². The van der Waals surface area contributed by atoms with Gasteiger partial charge in [-0.25, -0.2) is 0 Å². The molecule has 4 unspecified atom stereocenters. The summed E-state index contributed by atoms with van der Waals surface area (Å²) in [6, 6.07) is 0. The second kappa shape index (κ2) is 3.44. The molecule has 0 amide bonds. The van der Waals surface area contributed by atoms with Crippen LogP contribution < -0.4 is 0 Å². The molecule has 0 spiro atoms. The lowest BCUT2D eigenvalue weighted by Crippen LogP contribution is -2.66. The topological polar surface area (TPSA) is 27.7 Å². The van der Waals surface area contributed by atoms with Crippen LogP contribution in [0.5, 0.6) is 0 Å². The molecule has 1 aliphatic carbocycles. The lowest BCUT2D eigenvalue weighted by atomic mass is 9.65. The van der Waals surface area contributed by atoms with Gasteiger partial charge in [-0.05, 0) is 27.2 Å². The third kappa shape index (κ3) is 1.61. The maximum Gasteiger partial charge on any atom is 0.0947 e. The highest BCUT2D eigenvalue weighted by Crippen LogP contribution is 2.51. The Labute approximate surface area is 92.1 Å². The number of rotatable bonds is 2. The molecule has 3 nitrogen and oxygen atoms in total.